The van der Waals surface area contributed by atoms with Crippen LogP contribution in [0.5, 0.6) is 0 Å². The van der Waals surface area contributed by atoms with Crippen LogP contribution in [0.2, 0.25) is 0 Å². The molecule has 1 aliphatic rings. The number of H-pyrrole nitrogens is 1. The molecule has 2 aromatic rings. The molecule has 7 heteroatoms. The number of hydrogen-bond acceptors (Lipinski definition) is 5. The normalized spacial score (nSPS) is 23.8. The van der Waals surface area contributed by atoms with Crippen LogP contribution in [-0.4, -0.2) is 35.6 Å². The number of fused-ring (bicyclic) bond motifs is 1. The van der Waals surface area contributed by atoms with Gasteiger partial charge >= 0.3 is 5.97 Å². The minimum Gasteiger partial charge on any atom is -0.462 e. The number of hydrogen-bond donors (Lipinski definition) is 2. The van der Waals surface area contributed by atoms with Crippen molar-refractivity contribution < 1.29 is 14.4 Å². The number of carbonyl (C=O) groups is 1. The third-order valence-corrected chi connectivity index (χ3v) is 5.97. The molecule has 6 nitrogen and oxygen atoms in total. The summed E-state index contributed by atoms with van der Waals surface area (Å²) in [6, 6.07) is 0. The van der Waals surface area contributed by atoms with E-state index in [-0.39, 0.29) is 11.5 Å². The topological polar surface area (TPSA) is 76.5 Å². The summed E-state index contributed by atoms with van der Waals surface area (Å²) in [4.78, 5) is 34.7. The van der Waals surface area contributed by atoms with E-state index in [0.29, 0.717) is 51.5 Å². The standard InChI is InChI=1S/C18H25N3O3S/c1-5-24-18(23)15-12(4)14-16(22)19-13(20-17(14)25-15)9-21-7-10(2)6-11(3)8-21/h10-11H,5-9H2,1-4H3,(H,19,20,22)/p+1/t10-,11-/m1/s1. The smallest absolute Gasteiger partial charge is 0.348 e. The summed E-state index contributed by atoms with van der Waals surface area (Å²) in [6.07, 6.45) is 1.26. The number of aromatic nitrogens is 2. The molecular weight excluding hydrogens is 338 g/mol. The maximum absolute atomic E-state index is 12.5. The van der Waals surface area contributed by atoms with Gasteiger partial charge in [0.2, 0.25) is 0 Å². The third kappa shape index (κ3) is 3.77. The first-order chi connectivity index (χ1) is 11.9. The summed E-state index contributed by atoms with van der Waals surface area (Å²) >= 11 is 1.25. The van der Waals surface area contributed by atoms with Crippen LogP contribution < -0.4 is 10.5 Å². The van der Waals surface area contributed by atoms with Crippen LogP contribution >= 0.6 is 11.3 Å². The molecule has 25 heavy (non-hydrogen) atoms. The fraction of sp³-hybridized carbons (Fsp3) is 0.611. The Balaban J connectivity index is 1.91. The molecule has 2 atom stereocenters. The zero-order chi connectivity index (χ0) is 18.1. The second kappa shape index (κ2) is 7.25. The molecule has 0 spiro atoms. The molecule has 0 bridgehead atoms. The summed E-state index contributed by atoms with van der Waals surface area (Å²) in [7, 11) is 0. The lowest BCUT2D eigenvalue weighted by molar-refractivity contribution is -0.926. The largest absolute Gasteiger partial charge is 0.462 e. The first-order valence-corrected chi connectivity index (χ1v) is 9.73. The Hall–Kier alpha value is -1.73. The minimum absolute atomic E-state index is 0.165. The molecule has 0 aromatic carbocycles. The van der Waals surface area contributed by atoms with Crippen LogP contribution in [-0.2, 0) is 11.3 Å². The van der Waals surface area contributed by atoms with Gasteiger partial charge in [-0.2, -0.15) is 0 Å². The van der Waals surface area contributed by atoms with E-state index in [2.05, 4.69) is 23.8 Å². The van der Waals surface area contributed by atoms with Crippen molar-refractivity contribution in [2.24, 2.45) is 11.8 Å². The van der Waals surface area contributed by atoms with Crippen LogP contribution in [0.25, 0.3) is 10.2 Å². The van der Waals surface area contributed by atoms with Gasteiger partial charge in [-0.1, -0.05) is 13.8 Å². The SMILES string of the molecule is CCOC(=O)c1sc2nc(C[NH+]3C[C@H](C)C[C@@H](C)C3)[nH]c(=O)c2c1C. The van der Waals surface area contributed by atoms with Gasteiger partial charge in [-0.3, -0.25) is 4.79 Å². The molecular formula is C18H26N3O3S+. The summed E-state index contributed by atoms with van der Waals surface area (Å²) < 4.78 is 5.08. The average molecular weight is 364 g/mol. The van der Waals surface area contributed by atoms with Crippen LogP contribution in [0, 0.1) is 18.8 Å². The van der Waals surface area contributed by atoms with E-state index in [1.807, 2.05) is 0 Å². The molecule has 0 saturated carbocycles. The Kier molecular flexibility index (Phi) is 5.24. The van der Waals surface area contributed by atoms with Crippen LogP contribution in [0.4, 0.5) is 0 Å². The quantitative estimate of drug-likeness (QED) is 0.807. The average Bonchev–Trinajstić information content (AvgIpc) is 2.83. The number of nitrogens with zero attached hydrogens (tertiary/aromatic N) is 1. The van der Waals surface area contributed by atoms with E-state index in [1.54, 1.807) is 13.8 Å². The number of piperidine rings is 1. The van der Waals surface area contributed by atoms with Crippen molar-refractivity contribution in [3.05, 3.63) is 26.6 Å². The highest BCUT2D eigenvalue weighted by Gasteiger charge is 2.26. The lowest BCUT2D eigenvalue weighted by Gasteiger charge is -2.31. The zero-order valence-corrected chi connectivity index (χ0v) is 16.1. The van der Waals surface area contributed by atoms with Gasteiger partial charge in [0.1, 0.15) is 16.3 Å². The van der Waals surface area contributed by atoms with Crippen molar-refractivity contribution >= 4 is 27.5 Å². The molecule has 0 aliphatic carbocycles. The highest BCUT2D eigenvalue weighted by molar-refractivity contribution is 7.20. The second-order valence-electron chi connectivity index (χ2n) is 7.25. The summed E-state index contributed by atoms with van der Waals surface area (Å²) in [5.41, 5.74) is 0.494. The number of aryl methyl sites for hydroxylation is 1. The van der Waals surface area contributed by atoms with E-state index in [4.69, 9.17) is 4.74 Å². The molecule has 0 unspecified atom stereocenters. The van der Waals surface area contributed by atoms with Gasteiger partial charge in [-0.15, -0.1) is 11.3 Å². The second-order valence-corrected chi connectivity index (χ2v) is 8.25. The number of nitrogens with one attached hydrogen (secondary N) is 2. The fourth-order valence-corrected chi connectivity index (χ4v) is 5.06. The van der Waals surface area contributed by atoms with Crippen molar-refractivity contribution in [1.82, 2.24) is 9.97 Å². The third-order valence-electron chi connectivity index (χ3n) is 4.81. The lowest BCUT2D eigenvalue weighted by Crippen LogP contribution is -3.13. The molecule has 3 heterocycles. The van der Waals surface area contributed by atoms with Crippen LogP contribution in [0.3, 0.4) is 0 Å². The molecule has 0 radical (unpaired) electrons. The van der Waals surface area contributed by atoms with E-state index < -0.39 is 0 Å². The summed E-state index contributed by atoms with van der Waals surface area (Å²) in [5, 5.41) is 0.507. The van der Waals surface area contributed by atoms with Crippen LogP contribution in [0.15, 0.2) is 4.79 Å². The number of ether oxygens (including phenoxy) is 1. The molecule has 3 rings (SSSR count). The zero-order valence-electron chi connectivity index (χ0n) is 15.3. The highest BCUT2D eigenvalue weighted by atomic mass is 32.1. The Morgan fingerprint density at radius 3 is 2.68 bits per heavy atom. The van der Waals surface area contributed by atoms with E-state index in [0.717, 1.165) is 13.1 Å². The van der Waals surface area contributed by atoms with E-state index in [1.165, 1.54) is 22.7 Å². The maximum Gasteiger partial charge on any atom is 0.348 e. The number of thiophene rings is 1. The summed E-state index contributed by atoms with van der Waals surface area (Å²) in [5.74, 6) is 1.70. The van der Waals surface area contributed by atoms with Gasteiger partial charge in [-0.05, 0) is 25.8 Å². The number of rotatable bonds is 4. The molecule has 1 saturated heterocycles. The predicted octanol–water partition coefficient (Wildman–Crippen LogP) is 1.53. The molecule has 2 N–H and O–H groups in total. The van der Waals surface area contributed by atoms with Gasteiger partial charge < -0.3 is 14.6 Å². The van der Waals surface area contributed by atoms with Crippen LogP contribution in [0.1, 0.15) is 48.3 Å². The number of carbonyl (C=O) groups excluding carboxylic acids is 1. The summed E-state index contributed by atoms with van der Waals surface area (Å²) in [6.45, 7) is 11.3. The van der Waals surface area contributed by atoms with Gasteiger partial charge in [0.05, 0.1) is 25.1 Å². The molecule has 1 fully saturated rings. The fourth-order valence-electron chi connectivity index (χ4n) is 3.97. The van der Waals surface area contributed by atoms with E-state index in [9.17, 15) is 9.59 Å². The number of quaternary nitrogens is 1. The first kappa shape index (κ1) is 18.1. The highest BCUT2D eigenvalue weighted by Crippen LogP contribution is 2.27. The minimum atomic E-state index is -0.381. The Morgan fingerprint density at radius 1 is 1.36 bits per heavy atom. The first-order valence-electron chi connectivity index (χ1n) is 8.92. The van der Waals surface area contributed by atoms with Crippen molar-refractivity contribution in [3.63, 3.8) is 0 Å². The van der Waals surface area contributed by atoms with Gasteiger partial charge in [0.25, 0.3) is 5.56 Å². The van der Waals surface area contributed by atoms with Crippen molar-refractivity contribution in [3.8, 4) is 0 Å². The molecule has 0 amide bonds. The molecule has 136 valence electrons. The number of aromatic amines is 1. The Morgan fingerprint density at radius 2 is 2.04 bits per heavy atom. The predicted molar refractivity (Wildman–Crippen MR) is 98.3 cm³/mol. The van der Waals surface area contributed by atoms with Crippen molar-refractivity contribution in [2.45, 2.75) is 40.7 Å². The van der Waals surface area contributed by atoms with E-state index >= 15 is 0 Å². The van der Waals surface area contributed by atoms with Gasteiger partial charge in [0, 0.05) is 11.8 Å². The van der Waals surface area contributed by atoms with Crippen molar-refractivity contribution in [2.75, 3.05) is 19.7 Å². The van der Waals surface area contributed by atoms with Gasteiger partial charge in [-0.25, -0.2) is 9.78 Å². The Bertz CT molecular complexity index is 832. The monoisotopic (exact) mass is 364 g/mol. The number of esters is 1. The van der Waals surface area contributed by atoms with Gasteiger partial charge in [0.15, 0.2) is 5.82 Å². The maximum atomic E-state index is 12.5. The Labute approximate surface area is 151 Å². The molecule has 2 aromatic heterocycles. The van der Waals surface area contributed by atoms with Crippen molar-refractivity contribution in [1.29, 1.82) is 0 Å². The lowest BCUT2D eigenvalue weighted by atomic mass is 9.92. The number of likely N-dealkylation sites (tertiary alicyclic amines) is 1. The molecule has 1 aliphatic heterocycles.